The van der Waals surface area contributed by atoms with Crippen LogP contribution in [0.3, 0.4) is 0 Å². The van der Waals surface area contributed by atoms with Crippen molar-refractivity contribution < 1.29 is 19.5 Å². The first-order valence-electron chi connectivity index (χ1n) is 5.89. The van der Waals surface area contributed by atoms with Crippen LogP contribution >= 0.6 is 0 Å². The highest BCUT2D eigenvalue weighted by molar-refractivity contribution is 5.83. The third-order valence-electron chi connectivity index (χ3n) is 2.59. The van der Waals surface area contributed by atoms with E-state index in [-0.39, 0.29) is 19.0 Å². The van der Waals surface area contributed by atoms with Crippen LogP contribution in [0.1, 0.15) is 27.2 Å². The molecule has 0 aromatic rings. The van der Waals surface area contributed by atoms with E-state index in [0.717, 1.165) is 0 Å². The first-order valence-corrected chi connectivity index (χ1v) is 5.89. The van der Waals surface area contributed by atoms with Crippen LogP contribution in [-0.2, 0) is 9.59 Å². The zero-order chi connectivity index (χ0) is 14.3. The highest BCUT2D eigenvalue weighted by Gasteiger charge is 2.25. The molecule has 0 bridgehead atoms. The predicted octanol–water partition coefficient (Wildman–Crippen LogP) is 0.0987. The number of likely N-dealkylation sites (N-methyl/N-ethyl adjacent to an activating group) is 1. The molecule has 1 unspecified atom stereocenters. The Morgan fingerprint density at radius 2 is 1.78 bits per heavy atom. The minimum absolute atomic E-state index is 0.131. The molecule has 0 aromatic heterocycles. The molecule has 3 N–H and O–H groups in total. The van der Waals surface area contributed by atoms with Gasteiger partial charge in [-0.2, -0.15) is 0 Å². The number of amides is 3. The number of rotatable bonds is 7. The molecule has 0 saturated heterocycles. The van der Waals surface area contributed by atoms with E-state index < -0.39 is 17.9 Å². The highest BCUT2D eigenvalue weighted by atomic mass is 16.4. The molecule has 0 aliphatic heterocycles. The maximum absolute atomic E-state index is 12.1. The molecular weight excluding hydrogens is 238 g/mol. The molecule has 0 rings (SSSR count). The summed E-state index contributed by atoms with van der Waals surface area (Å²) in [6, 6.07) is -0.797. The number of aliphatic carboxylic acids is 1. The maximum atomic E-state index is 12.1. The van der Waals surface area contributed by atoms with E-state index in [1.54, 1.807) is 20.8 Å². The summed E-state index contributed by atoms with van der Waals surface area (Å²) in [5.41, 5.74) is 5.06. The van der Waals surface area contributed by atoms with Crippen molar-refractivity contribution in [1.82, 2.24) is 9.80 Å². The van der Waals surface area contributed by atoms with Gasteiger partial charge >= 0.3 is 12.0 Å². The van der Waals surface area contributed by atoms with Crippen LogP contribution in [0.25, 0.3) is 0 Å². The summed E-state index contributed by atoms with van der Waals surface area (Å²) in [4.78, 5) is 36.3. The van der Waals surface area contributed by atoms with Gasteiger partial charge in [0.15, 0.2) is 0 Å². The summed E-state index contributed by atoms with van der Waals surface area (Å²) in [5, 5.41) is 8.73. The van der Waals surface area contributed by atoms with Gasteiger partial charge in [-0.3, -0.25) is 9.59 Å². The fraction of sp³-hybridized carbons (Fsp3) is 0.727. The fourth-order valence-corrected chi connectivity index (χ4v) is 1.68. The van der Waals surface area contributed by atoms with Crippen molar-refractivity contribution in [2.45, 2.75) is 33.2 Å². The third kappa shape index (κ3) is 5.03. The lowest BCUT2D eigenvalue weighted by atomic mass is 10.2. The van der Waals surface area contributed by atoms with Crippen LogP contribution in [0, 0.1) is 0 Å². The van der Waals surface area contributed by atoms with Gasteiger partial charge in [-0.25, -0.2) is 4.79 Å². The molecule has 0 aromatic carbocycles. The molecule has 1 atom stereocenters. The third-order valence-corrected chi connectivity index (χ3v) is 2.59. The average Bonchev–Trinajstić information content (AvgIpc) is 2.25. The second-order valence-corrected chi connectivity index (χ2v) is 4.00. The van der Waals surface area contributed by atoms with Crippen LogP contribution in [0.4, 0.5) is 4.79 Å². The van der Waals surface area contributed by atoms with Crippen molar-refractivity contribution >= 4 is 17.9 Å². The van der Waals surface area contributed by atoms with Gasteiger partial charge in [0.05, 0.1) is 6.42 Å². The standard InChI is InChI=1S/C11H21N3O4/c1-4-13(7-9(12)15)11(18)14(5-2)8(3)6-10(16)17/h8H,4-7H2,1-3H3,(H2,12,15)(H,16,17). The van der Waals surface area contributed by atoms with Gasteiger partial charge in [0.25, 0.3) is 0 Å². The number of carbonyl (C=O) groups excluding carboxylic acids is 2. The average molecular weight is 259 g/mol. The lowest BCUT2D eigenvalue weighted by Gasteiger charge is -2.32. The van der Waals surface area contributed by atoms with Crippen LogP contribution in [0.5, 0.6) is 0 Å². The summed E-state index contributed by atoms with van der Waals surface area (Å²) >= 11 is 0. The van der Waals surface area contributed by atoms with Gasteiger partial charge in [0.2, 0.25) is 5.91 Å². The Hall–Kier alpha value is -1.79. The number of primary amides is 1. The van der Waals surface area contributed by atoms with Crippen LogP contribution in [0.2, 0.25) is 0 Å². The monoisotopic (exact) mass is 259 g/mol. The van der Waals surface area contributed by atoms with Gasteiger partial charge in [0.1, 0.15) is 6.54 Å². The molecule has 104 valence electrons. The van der Waals surface area contributed by atoms with E-state index in [0.29, 0.717) is 13.1 Å². The summed E-state index contributed by atoms with van der Waals surface area (Å²) < 4.78 is 0. The molecule has 0 aliphatic rings. The molecule has 0 radical (unpaired) electrons. The smallest absolute Gasteiger partial charge is 0.320 e. The summed E-state index contributed by atoms with van der Waals surface area (Å²) in [5.74, 6) is -1.56. The quantitative estimate of drug-likeness (QED) is 0.676. The van der Waals surface area contributed by atoms with Gasteiger partial charge in [-0.05, 0) is 20.8 Å². The van der Waals surface area contributed by atoms with Gasteiger partial charge in [-0.15, -0.1) is 0 Å². The number of nitrogens with two attached hydrogens (primary N) is 1. The summed E-state index contributed by atoms with van der Waals surface area (Å²) in [7, 11) is 0. The summed E-state index contributed by atoms with van der Waals surface area (Å²) in [6.45, 7) is 5.71. The predicted molar refractivity (Wildman–Crippen MR) is 65.9 cm³/mol. The number of carbonyl (C=O) groups is 3. The van der Waals surface area contributed by atoms with E-state index in [1.807, 2.05) is 0 Å². The molecule has 7 heteroatoms. The van der Waals surface area contributed by atoms with Crippen molar-refractivity contribution in [3.8, 4) is 0 Å². The number of hydrogen-bond acceptors (Lipinski definition) is 3. The second-order valence-electron chi connectivity index (χ2n) is 4.00. The molecule has 0 fully saturated rings. The van der Waals surface area contributed by atoms with Gasteiger partial charge in [-0.1, -0.05) is 0 Å². The highest BCUT2D eigenvalue weighted by Crippen LogP contribution is 2.08. The minimum atomic E-state index is -0.966. The lowest BCUT2D eigenvalue weighted by Crippen LogP contribution is -2.50. The minimum Gasteiger partial charge on any atom is -0.481 e. The molecule has 18 heavy (non-hydrogen) atoms. The molecule has 7 nitrogen and oxygen atoms in total. The molecule has 3 amide bonds. The Kier molecular flexibility index (Phi) is 6.77. The van der Waals surface area contributed by atoms with E-state index in [4.69, 9.17) is 10.8 Å². The van der Waals surface area contributed by atoms with Crippen molar-refractivity contribution in [3.05, 3.63) is 0 Å². The Morgan fingerprint density at radius 1 is 1.22 bits per heavy atom. The number of nitrogens with zero attached hydrogens (tertiary/aromatic N) is 2. The fourth-order valence-electron chi connectivity index (χ4n) is 1.68. The number of carboxylic acids is 1. The zero-order valence-electron chi connectivity index (χ0n) is 11.0. The number of hydrogen-bond donors (Lipinski definition) is 2. The Morgan fingerprint density at radius 3 is 2.11 bits per heavy atom. The molecule has 0 heterocycles. The Labute approximate surface area is 107 Å². The molecular formula is C11H21N3O4. The topological polar surface area (TPSA) is 104 Å². The Balaban J connectivity index is 4.75. The normalized spacial score (nSPS) is 11.7. The maximum Gasteiger partial charge on any atom is 0.320 e. The molecule has 0 spiro atoms. The van der Waals surface area contributed by atoms with E-state index in [1.165, 1.54) is 9.80 Å². The lowest BCUT2D eigenvalue weighted by molar-refractivity contribution is -0.138. The van der Waals surface area contributed by atoms with Gasteiger partial charge < -0.3 is 20.6 Å². The van der Waals surface area contributed by atoms with Gasteiger partial charge in [0, 0.05) is 19.1 Å². The van der Waals surface area contributed by atoms with Crippen molar-refractivity contribution in [2.24, 2.45) is 5.73 Å². The van der Waals surface area contributed by atoms with Crippen molar-refractivity contribution in [2.75, 3.05) is 19.6 Å². The van der Waals surface area contributed by atoms with E-state index >= 15 is 0 Å². The molecule has 0 saturated carbocycles. The van der Waals surface area contributed by atoms with Crippen LogP contribution in [0.15, 0.2) is 0 Å². The molecule has 0 aliphatic carbocycles. The Bertz CT molecular complexity index is 319. The van der Waals surface area contributed by atoms with Crippen LogP contribution < -0.4 is 5.73 Å². The summed E-state index contributed by atoms with van der Waals surface area (Å²) in [6.07, 6.45) is -0.131. The van der Waals surface area contributed by atoms with Crippen molar-refractivity contribution in [3.63, 3.8) is 0 Å². The number of urea groups is 1. The van der Waals surface area contributed by atoms with Crippen LogP contribution in [-0.4, -0.2) is 58.5 Å². The first kappa shape index (κ1) is 16.2. The largest absolute Gasteiger partial charge is 0.481 e. The van der Waals surface area contributed by atoms with E-state index in [9.17, 15) is 14.4 Å². The SMILES string of the molecule is CCN(CC(N)=O)C(=O)N(CC)C(C)CC(=O)O. The zero-order valence-corrected chi connectivity index (χ0v) is 11.0. The van der Waals surface area contributed by atoms with Crippen molar-refractivity contribution in [1.29, 1.82) is 0 Å². The first-order chi connectivity index (χ1) is 8.33. The second kappa shape index (κ2) is 7.52. The van der Waals surface area contributed by atoms with E-state index in [2.05, 4.69) is 0 Å². The number of carboxylic acid groups (broad SMARTS) is 1.